The zero-order valence-electron chi connectivity index (χ0n) is 33.8. The first-order valence-corrected chi connectivity index (χ1v) is 17.9. The molecule has 0 unspecified atom stereocenters. The maximum Gasteiger partial charge on any atom is 0.125 e. The van der Waals surface area contributed by atoms with E-state index in [4.69, 9.17) is 0 Å². The highest BCUT2D eigenvalue weighted by atomic mass is 16.3. The topological polar surface area (TPSA) is 84.2 Å². The number of benzene rings is 3. The van der Waals surface area contributed by atoms with Crippen LogP contribution >= 0.6 is 0 Å². The molecule has 3 aromatic rings. The van der Waals surface area contributed by atoms with Crippen molar-refractivity contribution in [2.45, 2.75) is 170 Å². The van der Waals surface area contributed by atoms with E-state index < -0.39 is 5.60 Å². The molecule has 49 heavy (non-hydrogen) atoms. The maximum atomic E-state index is 11.5. The largest absolute Gasteiger partial charge is 0.507 e. The van der Waals surface area contributed by atoms with Gasteiger partial charge in [-0.25, -0.2) is 0 Å². The second-order valence-corrected chi connectivity index (χ2v) is 20.1. The van der Waals surface area contributed by atoms with E-state index in [0.29, 0.717) is 36.7 Å². The van der Waals surface area contributed by atoms with Crippen LogP contribution in [0.1, 0.15) is 168 Å². The molecule has 0 amide bonds. The molecule has 0 saturated carbocycles. The van der Waals surface area contributed by atoms with Crippen molar-refractivity contribution >= 4 is 0 Å². The highest BCUT2D eigenvalue weighted by Gasteiger charge is 2.31. The van der Waals surface area contributed by atoms with Crippen molar-refractivity contribution in [1.29, 1.82) is 0 Å². The molecule has 0 spiro atoms. The van der Waals surface area contributed by atoms with Crippen LogP contribution in [-0.4, -0.2) is 25.3 Å². The van der Waals surface area contributed by atoms with Crippen LogP contribution in [0.5, 0.6) is 17.2 Å². The van der Waals surface area contributed by atoms with E-state index >= 15 is 0 Å². The van der Waals surface area contributed by atoms with E-state index in [-0.39, 0.29) is 32.8 Å². The average molecular weight is 674 g/mol. The molecule has 5 heteroatoms. The standard InChI is InChI=1S/C44H67NO4/c1-39(2,3)30-18-27(19-31(36(30)46)40(4,5)6)24-45(25-28-20-32(41(7,8)9)37(47)33(21-28)42(10,11)12)26-29-22-34(43(13,14)15)38(48)35(23-29)44(16,17)49/h18-23,46-49H,24-26H2,1-17H3. The highest BCUT2D eigenvalue weighted by molar-refractivity contribution is 5.52. The molecule has 0 atom stereocenters. The molecule has 272 valence electrons. The first-order chi connectivity index (χ1) is 21.8. The van der Waals surface area contributed by atoms with Gasteiger partial charge in [0.25, 0.3) is 0 Å². The number of aliphatic hydroxyl groups is 1. The predicted molar refractivity (Wildman–Crippen MR) is 206 cm³/mol. The summed E-state index contributed by atoms with van der Waals surface area (Å²) in [5.41, 5.74) is 5.61. The van der Waals surface area contributed by atoms with E-state index in [2.05, 4.69) is 139 Å². The number of phenolic OH excluding ortho intramolecular Hbond substituents is 3. The minimum absolute atomic E-state index is 0.140. The normalized spacial score (nSPS) is 13.8. The van der Waals surface area contributed by atoms with Crippen LogP contribution in [0.25, 0.3) is 0 Å². The fraction of sp³-hybridized carbons (Fsp3) is 0.591. The van der Waals surface area contributed by atoms with Gasteiger partial charge in [0.2, 0.25) is 0 Å². The third-order valence-corrected chi connectivity index (χ3v) is 9.43. The molecule has 4 N–H and O–H groups in total. The van der Waals surface area contributed by atoms with Gasteiger partial charge in [0.05, 0.1) is 5.60 Å². The monoisotopic (exact) mass is 674 g/mol. The Morgan fingerprint density at radius 3 is 0.735 bits per heavy atom. The van der Waals surface area contributed by atoms with Crippen LogP contribution in [0, 0.1) is 0 Å². The molecule has 3 aromatic carbocycles. The van der Waals surface area contributed by atoms with Crippen molar-refractivity contribution in [3.05, 3.63) is 86.5 Å². The Labute approximate surface area is 298 Å². The van der Waals surface area contributed by atoms with Crippen LogP contribution in [-0.2, 0) is 52.3 Å². The van der Waals surface area contributed by atoms with Gasteiger partial charge in [0.1, 0.15) is 17.2 Å². The molecule has 0 aliphatic carbocycles. The maximum absolute atomic E-state index is 11.5. The highest BCUT2D eigenvalue weighted by Crippen LogP contribution is 2.43. The molecule has 0 saturated heterocycles. The summed E-state index contributed by atoms with van der Waals surface area (Å²) >= 11 is 0. The summed E-state index contributed by atoms with van der Waals surface area (Å²) in [7, 11) is 0. The van der Waals surface area contributed by atoms with Gasteiger partial charge in [-0.15, -0.1) is 0 Å². The van der Waals surface area contributed by atoms with Gasteiger partial charge in [0.15, 0.2) is 0 Å². The Kier molecular flexibility index (Phi) is 10.9. The molecule has 0 heterocycles. The predicted octanol–water partition coefficient (Wildman–Crippen LogP) is 10.7. The molecule has 0 bridgehead atoms. The second-order valence-electron chi connectivity index (χ2n) is 20.1. The summed E-state index contributed by atoms with van der Waals surface area (Å²) in [6, 6.07) is 12.6. The number of rotatable bonds is 7. The Morgan fingerprint density at radius 1 is 0.367 bits per heavy atom. The minimum atomic E-state index is -1.23. The van der Waals surface area contributed by atoms with Gasteiger partial charge in [-0.1, -0.05) is 134 Å². The van der Waals surface area contributed by atoms with E-state index in [1.807, 2.05) is 6.07 Å². The van der Waals surface area contributed by atoms with Crippen LogP contribution in [0.4, 0.5) is 0 Å². The Balaban J connectivity index is 2.33. The second kappa shape index (κ2) is 13.3. The quantitative estimate of drug-likeness (QED) is 0.201. The molecule has 3 rings (SSSR count). The molecule has 0 aliphatic rings. The van der Waals surface area contributed by atoms with Gasteiger partial charge < -0.3 is 20.4 Å². The van der Waals surface area contributed by atoms with Crippen LogP contribution < -0.4 is 0 Å². The fourth-order valence-electron chi connectivity index (χ4n) is 6.62. The van der Waals surface area contributed by atoms with Crippen LogP contribution in [0.3, 0.4) is 0 Å². The SMILES string of the molecule is CC(C)(C)c1cc(CN(Cc2cc(C(C)(C)C)c(O)c(C(C)(C)C)c2)Cc2cc(C(C)(C)C)c(O)c(C(C)(C)O)c2)cc(C(C)(C)C)c1O. The lowest BCUT2D eigenvalue weighted by Crippen LogP contribution is -2.26. The number of aromatic hydroxyl groups is 3. The van der Waals surface area contributed by atoms with Crippen molar-refractivity contribution in [3.63, 3.8) is 0 Å². The van der Waals surface area contributed by atoms with Crippen LogP contribution in [0.2, 0.25) is 0 Å². The van der Waals surface area contributed by atoms with Gasteiger partial charge in [-0.3, -0.25) is 4.90 Å². The van der Waals surface area contributed by atoms with Crippen LogP contribution in [0.15, 0.2) is 36.4 Å². The third-order valence-electron chi connectivity index (χ3n) is 9.43. The lowest BCUT2D eigenvalue weighted by Gasteiger charge is -2.32. The minimum Gasteiger partial charge on any atom is -0.507 e. The van der Waals surface area contributed by atoms with E-state index in [9.17, 15) is 20.4 Å². The Hall–Kier alpha value is -3.02. The van der Waals surface area contributed by atoms with Gasteiger partial charge in [-0.05, 0) is 91.5 Å². The Morgan fingerprint density at radius 2 is 0.551 bits per heavy atom. The summed E-state index contributed by atoms with van der Waals surface area (Å²) in [5, 5.41) is 45.5. The van der Waals surface area contributed by atoms with E-state index in [1.165, 1.54) is 0 Å². The average Bonchev–Trinajstić information content (AvgIpc) is 2.87. The molecule has 0 fully saturated rings. The zero-order valence-corrected chi connectivity index (χ0v) is 33.8. The zero-order chi connectivity index (χ0) is 37.9. The van der Waals surface area contributed by atoms with Gasteiger partial charge >= 0.3 is 0 Å². The molecular formula is C44H67NO4. The molecular weight excluding hydrogens is 606 g/mol. The first kappa shape index (κ1) is 40.4. The van der Waals surface area contributed by atoms with Gasteiger partial charge in [0, 0.05) is 25.2 Å². The Bertz CT molecular complexity index is 1350. The third kappa shape index (κ3) is 9.61. The molecule has 0 radical (unpaired) electrons. The number of phenols is 3. The number of hydrogen-bond donors (Lipinski definition) is 4. The summed E-state index contributed by atoms with van der Waals surface area (Å²) in [6.07, 6.45) is 0. The van der Waals surface area contributed by atoms with E-state index in [1.54, 1.807) is 13.8 Å². The number of nitrogens with zero attached hydrogens (tertiary/aromatic N) is 1. The smallest absolute Gasteiger partial charge is 0.125 e. The summed E-state index contributed by atoms with van der Waals surface area (Å²) in [6.45, 7) is 37.1. The lowest BCUT2D eigenvalue weighted by molar-refractivity contribution is 0.0753. The summed E-state index contributed by atoms with van der Waals surface area (Å²) in [4.78, 5) is 2.39. The van der Waals surface area contributed by atoms with Crippen molar-refractivity contribution in [3.8, 4) is 17.2 Å². The molecule has 0 aliphatic heterocycles. The van der Waals surface area contributed by atoms with E-state index in [0.717, 1.165) is 44.5 Å². The number of hydrogen-bond acceptors (Lipinski definition) is 5. The van der Waals surface area contributed by atoms with Gasteiger partial charge in [-0.2, -0.15) is 0 Å². The van der Waals surface area contributed by atoms with Crippen molar-refractivity contribution < 1.29 is 20.4 Å². The first-order valence-electron chi connectivity index (χ1n) is 17.9. The fourth-order valence-corrected chi connectivity index (χ4v) is 6.62. The summed E-state index contributed by atoms with van der Waals surface area (Å²) in [5.74, 6) is 0.866. The lowest BCUT2D eigenvalue weighted by atomic mass is 9.78. The molecule has 5 nitrogen and oxygen atoms in total. The summed E-state index contributed by atoms with van der Waals surface area (Å²) < 4.78 is 0. The van der Waals surface area contributed by atoms with Crippen molar-refractivity contribution in [1.82, 2.24) is 4.90 Å². The van der Waals surface area contributed by atoms with Crippen molar-refractivity contribution in [2.24, 2.45) is 0 Å². The van der Waals surface area contributed by atoms with Crippen molar-refractivity contribution in [2.75, 3.05) is 0 Å². The molecule has 0 aromatic heterocycles.